The summed E-state index contributed by atoms with van der Waals surface area (Å²) in [5.41, 5.74) is -0.247. The van der Waals surface area contributed by atoms with E-state index in [1.807, 2.05) is 6.07 Å². The highest BCUT2D eigenvalue weighted by Gasteiger charge is 2.43. The summed E-state index contributed by atoms with van der Waals surface area (Å²) in [6.45, 7) is 6.97. The van der Waals surface area contributed by atoms with E-state index in [1.165, 1.54) is 0 Å². The predicted molar refractivity (Wildman–Crippen MR) is 63.5 cm³/mol. The van der Waals surface area contributed by atoms with Gasteiger partial charge in [0.1, 0.15) is 11.6 Å². The van der Waals surface area contributed by atoms with Crippen LogP contribution in [0.1, 0.15) is 19.5 Å². The zero-order valence-corrected chi connectivity index (χ0v) is 9.73. The smallest absolute Gasteiger partial charge is 0.220 e. The Labute approximate surface area is 99.4 Å². The number of nitrogens with zero attached hydrogens (tertiary/aromatic N) is 2. The third kappa shape index (κ3) is 1.56. The first-order valence-electron chi connectivity index (χ1n) is 5.19. The highest BCUT2D eigenvalue weighted by atomic mass is 16.5. The summed E-state index contributed by atoms with van der Waals surface area (Å²) in [7, 11) is 0. The SMILES string of the molecule is C=Cn1cccc1C1=C(C#N)C(=O)C(C)(C)O1. The van der Waals surface area contributed by atoms with Gasteiger partial charge in [-0.25, -0.2) is 0 Å². The first-order valence-corrected chi connectivity index (χ1v) is 5.19. The number of Topliss-reactive ketones (excluding diaryl/α,β-unsaturated/α-hetero) is 1. The molecule has 0 aliphatic carbocycles. The molecule has 1 aromatic heterocycles. The Bertz CT molecular complexity index is 570. The van der Waals surface area contributed by atoms with Gasteiger partial charge >= 0.3 is 0 Å². The van der Waals surface area contributed by atoms with Crippen molar-refractivity contribution in [3.63, 3.8) is 0 Å². The van der Waals surface area contributed by atoms with Crippen LogP contribution in [0.2, 0.25) is 0 Å². The van der Waals surface area contributed by atoms with Gasteiger partial charge in [-0.15, -0.1) is 0 Å². The average Bonchev–Trinajstić information content (AvgIpc) is 2.83. The zero-order chi connectivity index (χ0) is 12.6. The molecule has 0 spiro atoms. The molecule has 1 aliphatic rings. The van der Waals surface area contributed by atoms with Crippen LogP contribution in [-0.2, 0) is 9.53 Å². The van der Waals surface area contributed by atoms with E-state index in [0.717, 1.165) is 0 Å². The van der Waals surface area contributed by atoms with Gasteiger partial charge in [0, 0.05) is 12.4 Å². The maximum atomic E-state index is 11.9. The van der Waals surface area contributed by atoms with Crippen LogP contribution in [0.25, 0.3) is 12.0 Å². The third-order valence-electron chi connectivity index (χ3n) is 2.68. The molecule has 0 atom stereocenters. The van der Waals surface area contributed by atoms with Gasteiger partial charge < -0.3 is 9.30 Å². The van der Waals surface area contributed by atoms with Gasteiger partial charge in [0.05, 0.1) is 5.69 Å². The van der Waals surface area contributed by atoms with E-state index in [4.69, 9.17) is 10.00 Å². The molecule has 2 heterocycles. The predicted octanol–water partition coefficient (Wildman–Crippen LogP) is 2.20. The molecule has 86 valence electrons. The van der Waals surface area contributed by atoms with Crippen molar-refractivity contribution in [1.29, 1.82) is 5.26 Å². The fraction of sp³-hybridized carbons (Fsp3) is 0.231. The minimum Gasteiger partial charge on any atom is -0.476 e. The van der Waals surface area contributed by atoms with E-state index < -0.39 is 5.60 Å². The molecule has 1 aliphatic heterocycles. The molecule has 0 bridgehead atoms. The number of carbonyl (C=O) groups is 1. The van der Waals surface area contributed by atoms with Crippen molar-refractivity contribution in [2.45, 2.75) is 19.4 Å². The number of rotatable bonds is 2. The van der Waals surface area contributed by atoms with Crippen LogP contribution in [0.5, 0.6) is 0 Å². The van der Waals surface area contributed by atoms with Crippen LogP contribution in [0.3, 0.4) is 0 Å². The second-order valence-corrected chi connectivity index (χ2v) is 4.24. The van der Waals surface area contributed by atoms with E-state index in [9.17, 15) is 4.79 Å². The highest BCUT2D eigenvalue weighted by Crippen LogP contribution is 2.36. The molecular formula is C13H12N2O2. The zero-order valence-electron chi connectivity index (χ0n) is 9.73. The lowest BCUT2D eigenvalue weighted by molar-refractivity contribution is -0.126. The largest absolute Gasteiger partial charge is 0.476 e. The number of nitriles is 1. The highest BCUT2D eigenvalue weighted by molar-refractivity contribution is 6.12. The molecule has 0 unspecified atom stereocenters. The van der Waals surface area contributed by atoms with Crippen molar-refractivity contribution < 1.29 is 9.53 Å². The quantitative estimate of drug-likeness (QED) is 0.779. The van der Waals surface area contributed by atoms with Crippen LogP contribution in [-0.4, -0.2) is 16.0 Å². The molecule has 4 heteroatoms. The summed E-state index contributed by atoms with van der Waals surface area (Å²) >= 11 is 0. The van der Waals surface area contributed by atoms with E-state index in [0.29, 0.717) is 11.5 Å². The second-order valence-electron chi connectivity index (χ2n) is 4.24. The van der Waals surface area contributed by atoms with Crippen molar-refractivity contribution in [2.24, 2.45) is 0 Å². The molecular weight excluding hydrogens is 216 g/mol. The first kappa shape index (κ1) is 11.2. The van der Waals surface area contributed by atoms with Gasteiger partial charge in [-0.2, -0.15) is 5.26 Å². The maximum absolute atomic E-state index is 11.9. The molecule has 0 saturated heterocycles. The molecule has 0 amide bonds. The Morgan fingerprint density at radius 1 is 1.59 bits per heavy atom. The summed E-state index contributed by atoms with van der Waals surface area (Å²) in [6.07, 6.45) is 3.37. The van der Waals surface area contributed by atoms with E-state index in [-0.39, 0.29) is 11.4 Å². The number of aromatic nitrogens is 1. The van der Waals surface area contributed by atoms with Crippen molar-refractivity contribution in [1.82, 2.24) is 4.57 Å². The summed E-state index contributed by atoms with van der Waals surface area (Å²) in [6, 6.07) is 5.50. The van der Waals surface area contributed by atoms with Gasteiger partial charge in [0.2, 0.25) is 5.78 Å². The van der Waals surface area contributed by atoms with Crippen LogP contribution in [0, 0.1) is 11.3 Å². The summed E-state index contributed by atoms with van der Waals surface area (Å²) in [5.74, 6) is 0.0409. The van der Waals surface area contributed by atoms with Crippen molar-refractivity contribution in [3.05, 3.63) is 36.2 Å². The second kappa shape index (κ2) is 3.63. The lowest BCUT2D eigenvalue weighted by Gasteiger charge is -2.17. The topological polar surface area (TPSA) is 55.0 Å². The van der Waals surface area contributed by atoms with Gasteiger partial charge in [-0.1, -0.05) is 6.58 Å². The lowest BCUT2D eigenvalue weighted by Crippen LogP contribution is -2.29. The van der Waals surface area contributed by atoms with Gasteiger partial charge in [0.25, 0.3) is 0 Å². The maximum Gasteiger partial charge on any atom is 0.220 e. The first-order chi connectivity index (χ1) is 8.01. The van der Waals surface area contributed by atoms with Gasteiger partial charge in [0.15, 0.2) is 11.4 Å². The Kier molecular flexibility index (Phi) is 2.40. The monoisotopic (exact) mass is 228 g/mol. The minimum atomic E-state index is -0.976. The van der Waals surface area contributed by atoms with Crippen molar-refractivity contribution in [3.8, 4) is 6.07 Å². The fourth-order valence-electron chi connectivity index (χ4n) is 1.78. The van der Waals surface area contributed by atoms with Crippen LogP contribution >= 0.6 is 0 Å². The Morgan fingerprint density at radius 3 is 2.88 bits per heavy atom. The molecule has 0 radical (unpaired) electrons. The van der Waals surface area contributed by atoms with Crippen LogP contribution in [0.15, 0.2) is 30.5 Å². The number of ketones is 1. The molecule has 0 fully saturated rings. The molecule has 0 N–H and O–H groups in total. The van der Waals surface area contributed by atoms with Crippen LogP contribution < -0.4 is 0 Å². The summed E-state index contributed by atoms with van der Waals surface area (Å²) in [5, 5.41) is 9.06. The number of hydrogen-bond acceptors (Lipinski definition) is 3. The Balaban J connectivity index is 2.60. The van der Waals surface area contributed by atoms with Crippen molar-refractivity contribution >= 4 is 17.7 Å². The Morgan fingerprint density at radius 2 is 2.29 bits per heavy atom. The third-order valence-corrected chi connectivity index (χ3v) is 2.68. The average molecular weight is 228 g/mol. The molecule has 1 aromatic rings. The molecule has 4 nitrogen and oxygen atoms in total. The minimum absolute atomic E-state index is 0.0665. The molecule has 2 rings (SSSR count). The van der Waals surface area contributed by atoms with E-state index in [2.05, 4.69) is 6.58 Å². The van der Waals surface area contributed by atoms with Gasteiger partial charge in [-0.05, 0) is 26.0 Å². The summed E-state index contributed by atoms with van der Waals surface area (Å²) in [4.78, 5) is 11.9. The summed E-state index contributed by atoms with van der Waals surface area (Å²) < 4.78 is 7.30. The van der Waals surface area contributed by atoms with Gasteiger partial charge in [-0.3, -0.25) is 4.79 Å². The number of carbonyl (C=O) groups excluding carboxylic acids is 1. The number of hydrogen-bond donors (Lipinski definition) is 0. The molecule has 0 saturated carbocycles. The number of ether oxygens (including phenoxy) is 1. The van der Waals surface area contributed by atoms with E-state index >= 15 is 0 Å². The van der Waals surface area contributed by atoms with Crippen LogP contribution in [0.4, 0.5) is 0 Å². The van der Waals surface area contributed by atoms with Crippen molar-refractivity contribution in [2.75, 3.05) is 0 Å². The van der Waals surface area contributed by atoms with E-state index in [1.54, 1.807) is 42.9 Å². The normalized spacial score (nSPS) is 17.8. The lowest BCUT2D eigenvalue weighted by atomic mass is 10.00. The standard InChI is InChI=1S/C13H12N2O2/c1-4-15-7-5-6-10(15)11-9(8-14)12(16)13(2,3)17-11/h4-7H,1H2,2-3H3. The molecule has 17 heavy (non-hydrogen) atoms. The Hall–Kier alpha value is -2.28. The molecule has 0 aromatic carbocycles. The fourth-order valence-corrected chi connectivity index (χ4v) is 1.78.